The van der Waals surface area contributed by atoms with Crippen LogP contribution in [0.3, 0.4) is 0 Å². The molecule has 4 atom stereocenters. The number of carbonyl (C=O) groups is 1. The third kappa shape index (κ3) is 1.35. The number of rotatable bonds is 0. The number of aliphatic hydroxyl groups is 3. The van der Waals surface area contributed by atoms with Gasteiger partial charge in [-0.2, -0.15) is 0 Å². The Morgan fingerprint density at radius 2 is 1.82 bits per heavy atom. The molecular formula is C6H9O5. The van der Waals surface area contributed by atoms with E-state index in [9.17, 15) is 4.79 Å². The summed E-state index contributed by atoms with van der Waals surface area (Å²) in [5.74, 6) is -0.956. The molecule has 0 amide bonds. The van der Waals surface area contributed by atoms with Gasteiger partial charge in [0.1, 0.15) is 18.3 Å². The van der Waals surface area contributed by atoms with E-state index >= 15 is 0 Å². The van der Waals surface area contributed by atoms with Crippen molar-refractivity contribution in [2.24, 2.45) is 0 Å². The van der Waals surface area contributed by atoms with Crippen molar-refractivity contribution >= 4 is 5.97 Å². The van der Waals surface area contributed by atoms with E-state index in [1.165, 1.54) is 0 Å². The maximum Gasteiger partial charge on any atom is 0.338 e. The molecule has 1 radical (unpaired) electrons. The van der Waals surface area contributed by atoms with E-state index in [4.69, 9.17) is 15.3 Å². The Kier molecular flexibility index (Phi) is 2.12. The number of esters is 1. The highest BCUT2D eigenvalue weighted by molar-refractivity contribution is 5.76. The van der Waals surface area contributed by atoms with E-state index in [-0.39, 0.29) is 0 Å². The Balaban J connectivity index is 2.70. The second kappa shape index (κ2) is 2.77. The number of aliphatic hydroxyl groups excluding tert-OH is 3. The number of ether oxygens (including phenoxy) is 1. The molecule has 1 heterocycles. The predicted molar refractivity (Wildman–Crippen MR) is 33.3 cm³/mol. The van der Waals surface area contributed by atoms with Crippen LogP contribution < -0.4 is 0 Å². The van der Waals surface area contributed by atoms with Gasteiger partial charge >= 0.3 is 5.97 Å². The lowest BCUT2D eigenvalue weighted by Gasteiger charge is -2.31. The van der Waals surface area contributed by atoms with Gasteiger partial charge in [0.05, 0.1) is 0 Å². The molecule has 5 heteroatoms. The molecule has 1 aliphatic rings. The second-order valence-electron chi connectivity index (χ2n) is 2.40. The third-order valence-corrected chi connectivity index (χ3v) is 1.56. The summed E-state index contributed by atoms with van der Waals surface area (Å²) in [6.45, 7) is 3.25. The lowest BCUT2D eigenvalue weighted by molar-refractivity contribution is -0.196. The number of cyclic esters (lactones) is 1. The van der Waals surface area contributed by atoms with Crippen LogP contribution in [-0.4, -0.2) is 45.7 Å². The SMILES string of the molecule is [CH2]C1OC(=O)C(O)C(O)C1O. The number of hydrogen-bond donors (Lipinski definition) is 3. The van der Waals surface area contributed by atoms with Gasteiger partial charge in [-0.3, -0.25) is 0 Å². The van der Waals surface area contributed by atoms with Crippen molar-refractivity contribution < 1.29 is 24.9 Å². The Bertz CT molecular complexity index is 168. The molecule has 1 rings (SSSR count). The van der Waals surface area contributed by atoms with Gasteiger partial charge in [0.25, 0.3) is 0 Å². The van der Waals surface area contributed by atoms with E-state index < -0.39 is 30.4 Å². The highest BCUT2D eigenvalue weighted by atomic mass is 16.6. The standard InChI is InChI=1S/C6H9O5/c1-2-3(7)4(8)5(9)6(10)11-2/h2-5,7-9H,1H2. The quantitative estimate of drug-likeness (QED) is 0.352. The summed E-state index contributed by atoms with van der Waals surface area (Å²) in [5.41, 5.74) is 0. The van der Waals surface area contributed by atoms with Crippen molar-refractivity contribution in [2.75, 3.05) is 0 Å². The average Bonchev–Trinajstić information content (AvgIpc) is 1.97. The van der Waals surface area contributed by atoms with Crippen LogP contribution in [0.2, 0.25) is 0 Å². The minimum absolute atomic E-state index is 0.956. The molecule has 0 aromatic rings. The highest BCUT2D eigenvalue weighted by Crippen LogP contribution is 2.15. The van der Waals surface area contributed by atoms with Gasteiger partial charge in [0, 0.05) is 0 Å². The lowest BCUT2D eigenvalue weighted by atomic mass is 10.0. The molecule has 0 saturated carbocycles. The van der Waals surface area contributed by atoms with Crippen LogP contribution in [0.4, 0.5) is 0 Å². The Morgan fingerprint density at radius 1 is 1.27 bits per heavy atom. The summed E-state index contributed by atoms with van der Waals surface area (Å²) in [6.07, 6.45) is -5.50. The highest BCUT2D eigenvalue weighted by Gasteiger charge is 2.41. The van der Waals surface area contributed by atoms with Crippen LogP contribution in [-0.2, 0) is 9.53 Å². The monoisotopic (exact) mass is 161 g/mol. The topological polar surface area (TPSA) is 87.0 Å². The van der Waals surface area contributed by atoms with Crippen LogP contribution in [0.1, 0.15) is 0 Å². The van der Waals surface area contributed by atoms with Crippen LogP contribution in [0, 0.1) is 6.92 Å². The van der Waals surface area contributed by atoms with Crippen LogP contribution >= 0.6 is 0 Å². The Hall–Kier alpha value is -0.650. The molecule has 1 fully saturated rings. The van der Waals surface area contributed by atoms with Crippen molar-refractivity contribution in [1.29, 1.82) is 0 Å². The molecule has 1 aliphatic heterocycles. The second-order valence-corrected chi connectivity index (χ2v) is 2.40. The van der Waals surface area contributed by atoms with Crippen molar-refractivity contribution in [3.63, 3.8) is 0 Å². The van der Waals surface area contributed by atoms with Crippen LogP contribution in [0.25, 0.3) is 0 Å². The zero-order valence-electron chi connectivity index (χ0n) is 5.67. The zero-order valence-corrected chi connectivity index (χ0v) is 5.67. The minimum atomic E-state index is -1.66. The molecule has 0 aliphatic carbocycles. The molecule has 0 spiro atoms. The van der Waals surface area contributed by atoms with E-state index in [1.54, 1.807) is 0 Å². The fraction of sp³-hybridized carbons (Fsp3) is 0.667. The van der Waals surface area contributed by atoms with Gasteiger partial charge in [-0.1, -0.05) is 0 Å². The fourth-order valence-corrected chi connectivity index (χ4v) is 0.835. The van der Waals surface area contributed by atoms with Gasteiger partial charge in [0.2, 0.25) is 0 Å². The first kappa shape index (κ1) is 8.45. The summed E-state index contributed by atoms with van der Waals surface area (Å²) in [7, 11) is 0. The zero-order chi connectivity index (χ0) is 8.59. The van der Waals surface area contributed by atoms with Crippen molar-refractivity contribution in [3.8, 4) is 0 Å². The summed E-state index contributed by atoms with van der Waals surface area (Å²) >= 11 is 0. The first-order valence-corrected chi connectivity index (χ1v) is 3.12. The number of carbonyl (C=O) groups excluding carboxylic acids is 1. The largest absolute Gasteiger partial charge is 0.458 e. The Labute approximate surface area is 63.2 Å². The Morgan fingerprint density at radius 3 is 2.36 bits per heavy atom. The van der Waals surface area contributed by atoms with Crippen molar-refractivity contribution in [2.45, 2.75) is 24.4 Å². The van der Waals surface area contributed by atoms with E-state index in [1.807, 2.05) is 0 Å². The fourth-order valence-electron chi connectivity index (χ4n) is 0.835. The average molecular weight is 161 g/mol. The molecule has 0 aromatic heterocycles. The number of hydrogen-bond acceptors (Lipinski definition) is 5. The van der Waals surface area contributed by atoms with Gasteiger partial charge in [-0.15, -0.1) is 0 Å². The maximum atomic E-state index is 10.6. The van der Waals surface area contributed by atoms with Gasteiger partial charge in [-0.05, 0) is 6.92 Å². The summed E-state index contributed by atoms with van der Waals surface area (Å²) in [4.78, 5) is 10.6. The third-order valence-electron chi connectivity index (χ3n) is 1.56. The lowest BCUT2D eigenvalue weighted by Crippen LogP contribution is -2.54. The van der Waals surface area contributed by atoms with Gasteiger partial charge in [-0.25, -0.2) is 4.79 Å². The smallest absolute Gasteiger partial charge is 0.338 e. The molecule has 63 valence electrons. The molecule has 1 saturated heterocycles. The molecule has 4 unspecified atom stereocenters. The first-order chi connectivity index (χ1) is 5.04. The normalized spacial score (nSPS) is 45.3. The van der Waals surface area contributed by atoms with Crippen molar-refractivity contribution in [1.82, 2.24) is 0 Å². The first-order valence-electron chi connectivity index (χ1n) is 3.12. The van der Waals surface area contributed by atoms with E-state index in [0.29, 0.717) is 0 Å². The van der Waals surface area contributed by atoms with Gasteiger partial charge in [0.15, 0.2) is 6.10 Å². The summed E-state index contributed by atoms with van der Waals surface area (Å²) in [5, 5.41) is 26.8. The summed E-state index contributed by atoms with van der Waals surface area (Å²) in [6, 6.07) is 0. The van der Waals surface area contributed by atoms with Crippen molar-refractivity contribution in [3.05, 3.63) is 6.92 Å². The molecule has 0 aromatic carbocycles. The van der Waals surface area contributed by atoms with E-state index in [2.05, 4.69) is 11.7 Å². The molecular weight excluding hydrogens is 152 g/mol. The van der Waals surface area contributed by atoms with Crippen LogP contribution in [0.15, 0.2) is 0 Å². The van der Waals surface area contributed by atoms with Crippen LogP contribution in [0.5, 0.6) is 0 Å². The molecule has 0 bridgehead atoms. The van der Waals surface area contributed by atoms with Gasteiger partial charge < -0.3 is 20.1 Å². The molecule has 11 heavy (non-hydrogen) atoms. The molecule has 5 nitrogen and oxygen atoms in total. The van der Waals surface area contributed by atoms with E-state index in [0.717, 1.165) is 0 Å². The maximum absolute atomic E-state index is 10.6. The summed E-state index contributed by atoms with van der Waals surface area (Å²) < 4.78 is 4.37. The minimum Gasteiger partial charge on any atom is -0.458 e. The molecule has 3 N–H and O–H groups in total. The predicted octanol–water partition coefficient (Wildman–Crippen LogP) is -2.17.